The summed E-state index contributed by atoms with van der Waals surface area (Å²) in [5.74, 6) is 2.14. The fourth-order valence-electron chi connectivity index (χ4n) is 2.62. The third-order valence-corrected chi connectivity index (χ3v) is 4.30. The second kappa shape index (κ2) is 7.67. The quantitative estimate of drug-likeness (QED) is 0.700. The van der Waals surface area contributed by atoms with E-state index in [4.69, 9.17) is 25.5 Å². The van der Waals surface area contributed by atoms with Gasteiger partial charge >= 0.3 is 0 Å². The monoisotopic (exact) mass is 385 g/mol. The Morgan fingerprint density at radius 3 is 2.74 bits per heavy atom. The molecule has 4 rings (SSSR count). The third kappa shape index (κ3) is 4.20. The number of nitrogens with one attached hydrogen (secondary N) is 1. The van der Waals surface area contributed by atoms with E-state index in [0.29, 0.717) is 35.5 Å². The first-order valence-corrected chi connectivity index (χ1v) is 8.79. The largest absolute Gasteiger partial charge is 0.454 e. The summed E-state index contributed by atoms with van der Waals surface area (Å²) >= 11 is 5.87. The Labute approximate surface area is 160 Å². The summed E-state index contributed by atoms with van der Waals surface area (Å²) < 4.78 is 16.2. The number of benzene rings is 2. The molecule has 0 bridgehead atoms. The van der Waals surface area contributed by atoms with E-state index < -0.39 is 0 Å². The number of carbonyl (C=O) groups excluding carboxylic acids is 1. The maximum Gasteiger partial charge on any atom is 0.247 e. The third-order valence-electron chi connectivity index (χ3n) is 4.05. The number of aryl methyl sites for hydroxylation is 1. The molecule has 0 fully saturated rings. The van der Waals surface area contributed by atoms with Crippen LogP contribution in [-0.4, -0.2) is 22.9 Å². The van der Waals surface area contributed by atoms with Crippen LogP contribution >= 0.6 is 11.6 Å². The average Bonchev–Trinajstić information content (AvgIpc) is 3.34. The van der Waals surface area contributed by atoms with Crippen LogP contribution in [0.4, 0.5) is 0 Å². The van der Waals surface area contributed by atoms with Crippen LogP contribution < -0.4 is 14.8 Å². The fourth-order valence-corrected chi connectivity index (χ4v) is 2.75. The number of carbonyl (C=O) groups is 1. The van der Waals surface area contributed by atoms with Gasteiger partial charge in [0.1, 0.15) is 0 Å². The molecule has 1 aliphatic heterocycles. The Balaban J connectivity index is 1.27. The summed E-state index contributed by atoms with van der Waals surface area (Å²) in [6, 6.07) is 12.7. The molecule has 0 spiro atoms. The van der Waals surface area contributed by atoms with Crippen LogP contribution in [0.5, 0.6) is 11.5 Å². The molecule has 1 aromatic heterocycles. The number of amides is 1. The topological polar surface area (TPSA) is 86.5 Å². The number of aromatic nitrogens is 2. The lowest BCUT2D eigenvalue weighted by Crippen LogP contribution is -2.23. The van der Waals surface area contributed by atoms with Crippen LogP contribution in [0, 0.1) is 0 Å². The van der Waals surface area contributed by atoms with E-state index >= 15 is 0 Å². The van der Waals surface area contributed by atoms with Crippen LogP contribution in [-0.2, 0) is 17.8 Å². The molecule has 1 amide bonds. The van der Waals surface area contributed by atoms with Crippen molar-refractivity contribution >= 4 is 17.5 Å². The number of ether oxygens (including phenoxy) is 2. The number of nitrogens with zero attached hydrogens (tertiary/aromatic N) is 2. The van der Waals surface area contributed by atoms with Crippen molar-refractivity contribution in [1.82, 2.24) is 15.5 Å². The highest BCUT2D eigenvalue weighted by Gasteiger charge is 2.14. The normalized spacial score (nSPS) is 12.2. The molecule has 2 aromatic carbocycles. The Kier molecular flexibility index (Phi) is 4.93. The lowest BCUT2D eigenvalue weighted by Gasteiger charge is -2.05. The van der Waals surface area contributed by atoms with Gasteiger partial charge in [0.05, 0.1) is 0 Å². The standard InChI is InChI=1S/C19H16ClN3O4/c20-14-4-2-13(3-5-14)19-23-22-18(27-19)8-7-17(24)21-10-12-1-6-15-16(9-12)26-11-25-15/h1-6,9H,7-8,10-11H2,(H,21,24). The van der Waals surface area contributed by atoms with Crippen molar-refractivity contribution in [3.05, 3.63) is 58.9 Å². The fraction of sp³-hybridized carbons (Fsp3) is 0.211. The summed E-state index contributed by atoms with van der Waals surface area (Å²) in [5, 5.41) is 11.5. The maximum absolute atomic E-state index is 12.1. The lowest BCUT2D eigenvalue weighted by molar-refractivity contribution is -0.121. The summed E-state index contributed by atoms with van der Waals surface area (Å²) in [4.78, 5) is 12.1. The van der Waals surface area contributed by atoms with Gasteiger partial charge < -0.3 is 19.2 Å². The number of hydrogen-bond acceptors (Lipinski definition) is 6. The van der Waals surface area contributed by atoms with E-state index in [2.05, 4.69) is 15.5 Å². The van der Waals surface area contributed by atoms with E-state index in [0.717, 1.165) is 16.9 Å². The minimum Gasteiger partial charge on any atom is -0.454 e. The molecule has 0 radical (unpaired) electrons. The Morgan fingerprint density at radius 1 is 1.07 bits per heavy atom. The summed E-state index contributed by atoms with van der Waals surface area (Å²) in [5.41, 5.74) is 1.72. The first-order valence-electron chi connectivity index (χ1n) is 8.41. The average molecular weight is 386 g/mol. The van der Waals surface area contributed by atoms with Gasteiger partial charge in [-0.25, -0.2) is 0 Å². The first kappa shape index (κ1) is 17.4. The van der Waals surface area contributed by atoms with Gasteiger partial charge in [0.25, 0.3) is 0 Å². The number of halogens is 1. The molecular weight excluding hydrogens is 370 g/mol. The zero-order chi connectivity index (χ0) is 18.6. The van der Waals surface area contributed by atoms with Crippen molar-refractivity contribution in [3.8, 4) is 23.0 Å². The van der Waals surface area contributed by atoms with Gasteiger partial charge in [-0.3, -0.25) is 4.79 Å². The molecule has 1 N–H and O–H groups in total. The van der Waals surface area contributed by atoms with E-state index in [9.17, 15) is 4.79 Å². The predicted octanol–water partition coefficient (Wildman–Crippen LogP) is 3.37. The minimum atomic E-state index is -0.0982. The van der Waals surface area contributed by atoms with Gasteiger partial charge in [-0.05, 0) is 42.0 Å². The molecule has 1 aliphatic rings. The van der Waals surface area contributed by atoms with Crippen molar-refractivity contribution in [2.75, 3.05) is 6.79 Å². The second-order valence-electron chi connectivity index (χ2n) is 5.97. The van der Waals surface area contributed by atoms with Crippen LogP contribution in [0.3, 0.4) is 0 Å². The Morgan fingerprint density at radius 2 is 1.89 bits per heavy atom. The van der Waals surface area contributed by atoms with Gasteiger partial charge in [0.2, 0.25) is 24.5 Å². The molecular formula is C19H16ClN3O4. The highest BCUT2D eigenvalue weighted by molar-refractivity contribution is 6.30. The Bertz CT molecular complexity index is 956. The molecule has 0 saturated carbocycles. The van der Waals surface area contributed by atoms with Crippen molar-refractivity contribution in [2.45, 2.75) is 19.4 Å². The lowest BCUT2D eigenvalue weighted by atomic mass is 10.2. The minimum absolute atomic E-state index is 0.0982. The van der Waals surface area contributed by atoms with Gasteiger partial charge in [0.15, 0.2) is 11.5 Å². The first-order chi connectivity index (χ1) is 13.2. The molecule has 138 valence electrons. The molecule has 0 atom stereocenters. The zero-order valence-corrected chi connectivity index (χ0v) is 15.0. The summed E-state index contributed by atoms with van der Waals surface area (Å²) in [7, 11) is 0. The van der Waals surface area contributed by atoms with Crippen molar-refractivity contribution in [2.24, 2.45) is 0 Å². The van der Waals surface area contributed by atoms with Gasteiger partial charge in [-0.15, -0.1) is 10.2 Å². The number of rotatable bonds is 6. The summed E-state index contributed by atoms with van der Waals surface area (Å²) in [6.07, 6.45) is 0.625. The molecule has 7 nitrogen and oxygen atoms in total. The highest BCUT2D eigenvalue weighted by Crippen LogP contribution is 2.32. The van der Waals surface area contributed by atoms with Gasteiger partial charge in [0, 0.05) is 30.0 Å². The van der Waals surface area contributed by atoms with Crippen LogP contribution in [0.1, 0.15) is 17.9 Å². The van der Waals surface area contributed by atoms with Crippen LogP contribution in [0.15, 0.2) is 46.9 Å². The van der Waals surface area contributed by atoms with E-state index in [1.165, 1.54) is 0 Å². The second-order valence-corrected chi connectivity index (χ2v) is 6.41. The molecule has 0 aliphatic carbocycles. The molecule has 0 unspecified atom stereocenters. The Hall–Kier alpha value is -3.06. The van der Waals surface area contributed by atoms with Crippen molar-refractivity contribution in [3.63, 3.8) is 0 Å². The smallest absolute Gasteiger partial charge is 0.247 e. The van der Waals surface area contributed by atoms with E-state index in [1.807, 2.05) is 18.2 Å². The predicted molar refractivity (Wildman–Crippen MR) is 97.5 cm³/mol. The van der Waals surface area contributed by atoms with Crippen molar-refractivity contribution < 1.29 is 18.7 Å². The number of hydrogen-bond donors (Lipinski definition) is 1. The van der Waals surface area contributed by atoms with Crippen molar-refractivity contribution in [1.29, 1.82) is 0 Å². The zero-order valence-electron chi connectivity index (χ0n) is 14.3. The van der Waals surface area contributed by atoms with Crippen LogP contribution in [0.2, 0.25) is 5.02 Å². The molecule has 2 heterocycles. The summed E-state index contributed by atoms with van der Waals surface area (Å²) in [6.45, 7) is 0.642. The molecule has 3 aromatic rings. The molecule has 27 heavy (non-hydrogen) atoms. The van der Waals surface area contributed by atoms with E-state index in [-0.39, 0.29) is 19.1 Å². The SMILES string of the molecule is O=C(CCc1nnc(-c2ccc(Cl)cc2)o1)NCc1ccc2c(c1)OCO2. The number of fused-ring (bicyclic) bond motifs is 1. The maximum atomic E-state index is 12.1. The highest BCUT2D eigenvalue weighted by atomic mass is 35.5. The van der Waals surface area contributed by atoms with Gasteiger partial charge in [-0.2, -0.15) is 0 Å². The molecule has 0 saturated heterocycles. The van der Waals surface area contributed by atoms with Gasteiger partial charge in [-0.1, -0.05) is 17.7 Å². The van der Waals surface area contributed by atoms with E-state index in [1.54, 1.807) is 24.3 Å². The molecule has 8 heteroatoms. The van der Waals surface area contributed by atoms with Crippen LogP contribution in [0.25, 0.3) is 11.5 Å².